The highest BCUT2D eigenvalue weighted by molar-refractivity contribution is 9.10. The molecule has 0 saturated heterocycles. The Hall–Kier alpha value is -2.69. The van der Waals surface area contributed by atoms with Crippen LogP contribution in [-0.2, 0) is 13.2 Å². The number of hydrogen-bond acceptors (Lipinski definition) is 3. The zero-order chi connectivity index (χ0) is 20.9. The van der Waals surface area contributed by atoms with Crippen LogP contribution in [-0.4, -0.2) is 7.11 Å². The lowest BCUT2D eigenvalue weighted by Gasteiger charge is -2.15. The highest BCUT2D eigenvalue weighted by Gasteiger charge is 2.11. The van der Waals surface area contributed by atoms with Crippen LogP contribution in [0.2, 0.25) is 5.02 Å². The van der Waals surface area contributed by atoms with Crippen LogP contribution in [0, 0.1) is 0 Å². The van der Waals surface area contributed by atoms with Gasteiger partial charge in [-0.3, -0.25) is 0 Å². The van der Waals surface area contributed by atoms with Crippen molar-refractivity contribution in [2.75, 3.05) is 12.4 Å². The summed E-state index contributed by atoms with van der Waals surface area (Å²) >= 11 is 9.73. The summed E-state index contributed by atoms with van der Waals surface area (Å²) in [6.07, 6.45) is 0. The van der Waals surface area contributed by atoms with Crippen molar-refractivity contribution in [2.24, 2.45) is 0 Å². The Morgan fingerprint density at radius 1 is 0.900 bits per heavy atom. The maximum atomic E-state index is 6.06. The minimum Gasteiger partial charge on any atom is -0.493 e. The molecule has 0 saturated carbocycles. The van der Waals surface area contributed by atoms with E-state index in [1.807, 2.05) is 36.4 Å². The maximum absolute atomic E-state index is 6.06. The Kier molecular flexibility index (Phi) is 6.46. The summed E-state index contributed by atoms with van der Waals surface area (Å²) in [7, 11) is 1.65. The quantitative estimate of drug-likeness (QED) is 0.296. The van der Waals surface area contributed by atoms with Crippen LogP contribution < -0.4 is 14.8 Å². The van der Waals surface area contributed by atoms with Gasteiger partial charge in [-0.15, -0.1) is 0 Å². The maximum Gasteiger partial charge on any atom is 0.162 e. The van der Waals surface area contributed by atoms with Gasteiger partial charge in [0, 0.05) is 27.1 Å². The number of fused-ring (bicyclic) bond motifs is 1. The van der Waals surface area contributed by atoms with Crippen molar-refractivity contribution in [1.82, 2.24) is 0 Å². The normalized spacial score (nSPS) is 10.8. The summed E-state index contributed by atoms with van der Waals surface area (Å²) < 4.78 is 12.5. The van der Waals surface area contributed by atoms with Gasteiger partial charge in [-0.25, -0.2) is 0 Å². The predicted molar refractivity (Wildman–Crippen MR) is 128 cm³/mol. The van der Waals surface area contributed by atoms with Gasteiger partial charge in [0.2, 0.25) is 0 Å². The number of ether oxygens (including phenoxy) is 2. The van der Waals surface area contributed by atoms with Crippen LogP contribution in [0.25, 0.3) is 10.8 Å². The van der Waals surface area contributed by atoms with E-state index in [2.05, 4.69) is 63.7 Å². The van der Waals surface area contributed by atoms with Crippen LogP contribution in [0.4, 0.5) is 5.69 Å². The third-order valence-corrected chi connectivity index (χ3v) is 5.85. The average molecular weight is 483 g/mol. The summed E-state index contributed by atoms with van der Waals surface area (Å²) in [5.41, 5.74) is 3.18. The van der Waals surface area contributed by atoms with Gasteiger partial charge in [-0.2, -0.15) is 0 Å². The minimum absolute atomic E-state index is 0.414. The van der Waals surface area contributed by atoms with Crippen molar-refractivity contribution < 1.29 is 9.47 Å². The molecule has 4 rings (SSSR count). The monoisotopic (exact) mass is 481 g/mol. The largest absolute Gasteiger partial charge is 0.493 e. The number of hydrogen-bond donors (Lipinski definition) is 1. The first kappa shape index (κ1) is 20.6. The summed E-state index contributed by atoms with van der Waals surface area (Å²) in [4.78, 5) is 0. The molecule has 0 unspecified atom stereocenters. The van der Waals surface area contributed by atoms with E-state index >= 15 is 0 Å². The minimum atomic E-state index is 0.414. The van der Waals surface area contributed by atoms with Gasteiger partial charge in [-0.05, 0) is 46.8 Å². The predicted octanol–water partition coefficient (Wildman–Crippen LogP) is 7.46. The molecule has 0 aliphatic rings. The lowest BCUT2D eigenvalue weighted by molar-refractivity contribution is 0.284. The number of methoxy groups -OCH3 is 1. The van der Waals surface area contributed by atoms with E-state index in [1.165, 1.54) is 10.8 Å². The number of nitrogens with one attached hydrogen (secondary N) is 1. The molecule has 1 N–H and O–H groups in total. The van der Waals surface area contributed by atoms with Crippen molar-refractivity contribution in [3.05, 3.63) is 99.5 Å². The zero-order valence-electron chi connectivity index (χ0n) is 16.5. The Morgan fingerprint density at radius 2 is 1.70 bits per heavy atom. The van der Waals surface area contributed by atoms with Gasteiger partial charge >= 0.3 is 0 Å². The SMILES string of the molecule is COc1cc(CNc2cccc3ccccc23)c(Br)cc1OCc1cccc(Cl)c1. The first-order valence-electron chi connectivity index (χ1n) is 9.59. The standard InChI is InChI=1S/C25H21BrClNO2/c1-29-24-13-19(15-28-23-11-5-8-18-7-2-3-10-21(18)23)22(26)14-25(24)30-16-17-6-4-9-20(27)12-17/h2-14,28H,15-16H2,1H3. The second kappa shape index (κ2) is 9.41. The molecule has 0 fully saturated rings. The molecule has 0 heterocycles. The molecule has 0 amide bonds. The third-order valence-electron chi connectivity index (χ3n) is 4.87. The second-order valence-electron chi connectivity index (χ2n) is 6.89. The van der Waals surface area contributed by atoms with E-state index < -0.39 is 0 Å². The molecule has 30 heavy (non-hydrogen) atoms. The molecule has 0 aliphatic heterocycles. The number of halogens is 2. The van der Waals surface area contributed by atoms with Crippen LogP contribution in [0.3, 0.4) is 0 Å². The molecule has 0 aromatic heterocycles. The van der Waals surface area contributed by atoms with Crippen LogP contribution in [0.5, 0.6) is 11.5 Å². The summed E-state index contributed by atoms with van der Waals surface area (Å²) in [5, 5.41) is 6.64. The zero-order valence-corrected chi connectivity index (χ0v) is 18.8. The fourth-order valence-electron chi connectivity index (χ4n) is 3.34. The molecular formula is C25H21BrClNO2. The van der Waals surface area contributed by atoms with E-state index in [9.17, 15) is 0 Å². The molecular weight excluding hydrogens is 462 g/mol. The van der Waals surface area contributed by atoms with Gasteiger partial charge in [-0.1, -0.05) is 76.1 Å². The molecule has 4 aromatic carbocycles. The highest BCUT2D eigenvalue weighted by atomic mass is 79.9. The summed E-state index contributed by atoms with van der Waals surface area (Å²) in [6.45, 7) is 1.07. The van der Waals surface area contributed by atoms with Crippen molar-refractivity contribution in [3.63, 3.8) is 0 Å². The van der Waals surface area contributed by atoms with Crippen LogP contribution >= 0.6 is 27.5 Å². The second-order valence-corrected chi connectivity index (χ2v) is 8.18. The Morgan fingerprint density at radius 3 is 2.53 bits per heavy atom. The smallest absolute Gasteiger partial charge is 0.162 e. The highest BCUT2D eigenvalue weighted by Crippen LogP contribution is 2.35. The Bertz CT molecular complexity index is 1170. The van der Waals surface area contributed by atoms with Crippen LogP contribution in [0.15, 0.2) is 83.3 Å². The van der Waals surface area contributed by atoms with E-state index in [1.54, 1.807) is 7.11 Å². The van der Waals surface area contributed by atoms with E-state index in [-0.39, 0.29) is 0 Å². The van der Waals surface area contributed by atoms with Crippen molar-refractivity contribution in [1.29, 1.82) is 0 Å². The fourth-order valence-corrected chi connectivity index (χ4v) is 4.02. The molecule has 0 atom stereocenters. The molecule has 0 spiro atoms. The number of anilines is 1. The van der Waals surface area contributed by atoms with Gasteiger partial charge in [0.05, 0.1) is 7.11 Å². The first-order chi connectivity index (χ1) is 14.6. The third kappa shape index (κ3) is 4.72. The first-order valence-corrected chi connectivity index (χ1v) is 10.8. The molecule has 5 heteroatoms. The topological polar surface area (TPSA) is 30.5 Å². The van der Waals surface area contributed by atoms with E-state index in [0.29, 0.717) is 29.7 Å². The molecule has 0 aliphatic carbocycles. The summed E-state index contributed by atoms with van der Waals surface area (Å²) in [5.74, 6) is 1.37. The van der Waals surface area contributed by atoms with Crippen molar-refractivity contribution in [3.8, 4) is 11.5 Å². The van der Waals surface area contributed by atoms with Gasteiger partial charge in [0.25, 0.3) is 0 Å². The Balaban J connectivity index is 1.51. The average Bonchev–Trinajstić information content (AvgIpc) is 2.77. The van der Waals surface area contributed by atoms with Crippen molar-refractivity contribution in [2.45, 2.75) is 13.2 Å². The Labute approximate surface area is 189 Å². The molecule has 0 radical (unpaired) electrons. The molecule has 4 aromatic rings. The number of rotatable bonds is 7. The lowest BCUT2D eigenvalue weighted by atomic mass is 10.1. The van der Waals surface area contributed by atoms with Gasteiger partial charge in [0.15, 0.2) is 11.5 Å². The molecule has 0 bridgehead atoms. The van der Waals surface area contributed by atoms with E-state index in [0.717, 1.165) is 21.3 Å². The van der Waals surface area contributed by atoms with E-state index in [4.69, 9.17) is 21.1 Å². The lowest BCUT2D eigenvalue weighted by Crippen LogP contribution is -2.03. The molecule has 3 nitrogen and oxygen atoms in total. The van der Waals surface area contributed by atoms with Crippen LogP contribution in [0.1, 0.15) is 11.1 Å². The van der Waals surface area contributed by atoms with Gasteiger partial charge in [0.1, 0.15) is 6.61 Å². The molecule has 152 valence electrons. The van der Waals surface area contributed by atoms with Crippen molar-refractivity contribution >= 4 is 44.0 Å². The number of benzene rings is 4. The van der Waals surface area contributed by atoms with Gasteiger partial charge < -0.3 is 14.8 Å². The summed E-state index contributed by atoms with van der Waals surface area (Å²) in [6, 6.07) is 26.2. The fraction of sp³-hybridized carbons (Fsp3) is 0.120.